The molecule has 2 heterocycles. The predicted molar refractivity (Wildman–Crippen MR) is 382 cm³/mol. The topological polar surface area (TPSA) is 274 Å². The summed E-state index contributed by atoms with van der Waals surface area (Å²) in [6.07, 6.45) is 0.323. The zero-order chi connectivity index (χ0) is 71.5. The van der Waals surface area contributed by atoms with E-state index in [1.54, 1.807) is 78.9 Å². The molecule has 7 aromatic carbocycles. The molecule has 2 aliphatic rings. The van der Waals surface area contributed by atoms with Crippen molar-refractivity contribution in [3.8, 4) is 0 Å². The van der Waals surface area contributed by atoms with Crippen molar-refractivity contribution in [2.45, 2.75) is 110 Å². The van der Waals surface area contributed by atoms with E-state index in [4.69, 9.17) is 0 Å². The lowest BCUT2D eigenvalue weighted by molar-refractivity contribution is -0.385. The van der Waals surface area contributed by atoms with Crippen LogP contribution in [-0.2, 0) is 73.2 Å². The van der Waals surface area contributed by atoms with Crippen LogP contribution in [0.1, 0.15) is 70.2 Å². The number of nitro benzene ring substituents is 1. The molecule has 7 aromatic rings. The second kappa shape index (κ2) is 33.0. The normalized spacial score (nSPS) is 17.9. The van der Waals surface area contributed by atoms with Crippen LogP contribution in [-0.4, -0.2) is 196 Å². The molecule has 0 amide bonds. The summed E-state index contributed by atoms with van der Waals surface area (Å²) in [6.45, 7) is 9.19. The van der Waals surface area contributed by atoms with Crippen molar-refractivity contribution in [2.24, 2.45) is 0 Å². The van der Waals surface area contributed by atoms with E-state index in [1.807, 2.05) is 51.3 Å². The van der Waals surface area contributed by atoms with Crippen LogP contribution >= 0.6 is 0 Å². The fraction of sp³-hybridized carbons (Fsp3) is 0.400. The Bertz CT molecular complexity index is 4350. The minimum absolute atomic E-state index is 0.00513. The lowest BCUT2D eigenvalue weighted by atomic mass is 10.1. The van der Waals surface area contributed by atoms with Crippen LogP contribution in [0.5, 0.6) is 0 Å². The van der Waals surface area contributed by atoms with Gasteiger partial charge in [-0.05, 0) is 164 Å². The van der Waals surface area contributed by atoms with Gasteiger partial charge in [-0.3, -0.25) is 19.9 Å². The Morgan fingerprint density at radius 1 is 0.273 bits per heavy atom. The smallest absolute Gasteiger partial charge is 0.270 e. The lowest BCUT2D eigenvalue weighted by Crippen LogP contribution is -2.45. The van der Waals surface area contributed by atoms with E-state index in [2.05, 4.69) is 0 Å². The van der Waals surface area contributed by atoms with Gasteiger partial charge in [0.15, 0.2) is 0 Å². The average molecular weight is 1470 g/mol. The largest absolute Gasteiger partial charge is 0.298 e. The standard InChI is InChI=1S/C70H89N9O14S6/c1-56-11-23-65(24-12-56)94(82,83)73-39-9-41-77(98(90,91)69-31-19-60(5)20-32-69)49-47-75(96(86,87)67-27-15-58(3)16-28-67)37-7-35-71(43-45-73)54-62-51-63(53-64(52-62)79(80)81)55-72-36-8-38-76(97(88,89)68-29-17-59(4)18-30-68)48-50-78(99(92,93)70-33-21-61(6)22-34-70)42-10-40-74(46-44-72)95(84,85)66-25-13-57(2)14-26-66/h11-34,51-53H,7-10,35-50,54-55H2,1-6H3. The van der Waals surface area contributed by atoms with Crippen LogP contribution in [0.15, 0.2) is 193 Å². The molecule has 2 fully saturated rings. The van der Waals surface area contributed by atoms with Crippen molar-refractivity contribution >= 4 is 65.8 Å². The minimum atomic E-state index is -4.25. The van der Waals surface area contributed by atoms with E-state index in [9.17, 15) is 60.6 Å². The molecule has 0 aliphatic carbocycles. The monoisotopic (exact) mass is 1470 g/mol. The van der Waals surface area contributed by atoms with E-state index in [1.165, 1.54) is 111 Å². The summed E-state index contributed by atoms with van der Waals surface area (Å²) < 4.78 is 184. The van der Waals surface area contributed by atoms with Crippen LogP contribution in [0.2, 0.25) is 0 Å². The van der Waals surface area contributed by atoms with Gasteiger partial charge < -0.3 is 0 Å². The van der Waals surface area contributed by atoms with Crippen molar-refractivity contribution in [1.82, 2.24) is 35.6 Å². The van der Waals surface area contributed by atoms with Crippen molar-refractivity contribution < 1.29 is 55.4 Å². The molecule has 99 heavy (non-hydrogen) atoms. The van der Waals surface area contributed by atoms with E-state index in [0.29, 0.717) is 11.1 Å². The number of aryl methyl sites for hydroxylation is 6. The number of hydrogen-bond acceptors (Lipinski definition) is 16. The van der Waals surface area contributed by atoms with Crippen LogP contribution in [0.3, 0.4) is 0 Å². The van der Waals surface area contributed by atoms with Gasteiger partial charge in [-0.2, -0.15) is 25.8 Å². The number of sulfonamides is 6. The highest BCUT2D eigenvalue weighted by Gasteiger charge is 2.35. The van der Waals surface area contributed by atoms with Gasteiger partial charge in [-0.25, -0.2) is 50.5 Å². The van der Waals surface area contributed by atoms with Gasteiger partial charge in [-0.15, -0.1) is 0 Å². The third-order valence-corrected chi connectivity index (χ3v) is 29.4. The van der Waals surface area contributed by atoms with Crippen LogP contribution < -0.4 is 0 Å². The maximum absolute atomic E-state index is 14.8. The molecular formula is C70H89N9O14S6. The summed E-state index contributed by atoms with van der Waals surface area (Å²) >= 11 is 0. The molecule has 0 spiro atoms. The number of nitrogens with zero attached hydrogens (tertiary/aromatic N) is 9. The Morgan fingerprint density at radius 2 is 0.455 bits per heavy atom. The van der Waals surface area contributed by atoms with Gasteiger partial charge in [0.25, 0.3) is 5.69 Å². The molecule has 2 saturated heterocycles. The molecule has 2 aliphatic heterocycles. The number of nitro groups is 1. The maximum atomic E-state index is 14.8. The first kappa shape index (κ1) is 76.5. The highest BCUT2D eigenvalue weighted by Crippen LogP contribution is 2.28. The van der Waals surface area contributed by atoms with Crippen molar-refractivity contribution in [2.75, 3.05) is 105 Å². The third kappa shape index (κ3) is 19.5. The third-order valence-electron chi connectivity index (χ3n) is 17.9. The predicted octanol–water partition coefficient (Wildman–Crippen LogP) is 8.78. The lowest BCUT2D eigenvalue weighted by Gasteiger charge is -2.32. The molecule has 0 saturated carbocycles. The minimum Gasteiger partial charge on any atom is -0.298 e. The fourth-order valence-electron chi connectivity index (χ4n) is 12.1. The summed E-state index contributed by atoms with van der Waals surface area (Å²) in [6, 6.07) is 42.7. The van der Waals surface area contributed by atoms with E-state index in [0.717, 1.165) is 33.4 Å². The molecule has 0 bridgehead atoms. The van der Waals surface area contributed by atoms with E-state index >= 15 is 0 Å². The highest BCUT2D eigenvalue weighted by atomic mass is 32.2. The van der Waals surface area contributed by atoms with E-state index < -0.39 is 65.1 Å². The van der Waals surface area contributed by atoms with Crippen LogP contribution in [0.4, 0.5) is 5.69 Å². The zero-order valence-corrected chi connectivity index (χ0v) is 61.7. The number of benzene rings is 7. The van der Waals surface area contributed by atoms with Gasteiger partial charge in [0.1, 0.15) is 0 Å². The first-order valence-corrected chi connectivity index (χ1v) is 41.6. The molecule has 9 rings (SSSR count). The highest BCUT2D eigenvalue weighted by molar-refractivity contribution is 7.90. The second-order valence-corrected chi connectivity index (χ2v) is 37.2. The second-order valence-electron chi connectivity index (χ2n) is 25.5. The Kier molecular flexibility index (Phi) is 25.5. The molecule has 23 nitrogen and oxygen atoms in total. The Labute approximate surface area is 585 Å². The molecule has 0 unspecified atom stereocenters. The summed E-state index contributed by atoms with van der Waals surface area (Å²) in [4.78, 5) is 16.4. The summed E-state index contributed by atoms with van der Waals surface area (Å²) in [5.41, 5.74) is 5.57. The Balaban J connectivity index is 1.06. The number of non-ortho nitro benzene ring substituents is 1. The molecule has 0 aromatic heterocycles. The van der Waals surface area contributed by atoms with Crippen LogP contribution in [0.25, 0.3) is 0 Å². The van der Waals surface area contributed by atoms with Crippen molar-refractivity contribution in [3.63, 3.8) is 0 Å². The maximum Gasteiger partial charge on any atom is 0.270 e. The Morgan fingerprint density at radius 3 is 0.646 bits per heavy atom. The molecule has 0 atom stereocenters. The number of hydrogen-bond donors (Lipinski definition) is 0. The first-order valence-electron chi connectivity index (χ1n) is 33.0. The fourth-order valence-corrected chi connectivity index (χ4v) is 20.9. The van der Waals surface area contributed by atoms with E-state index in [-0.39, 0.29) is 179 Å². The quantitative estimate of drug-likeness (QED) is 0.0608. The summed E-state index contributed by atoms with van der Waals surface area (Å²) in [5.74, 6) is 0. The van der Waals surface area contributed by atoms with Gasteiger partial charge in [0, 0.05) is 117 Å². The van der Waals surface area contributed by atoms with Gasteiger partial charge in [0.2, 0.25) is 60.1 Å². The summed E-state index contributed by atoms with van der Waals surface area (Å²) in [7, 11) is -25.5. The van der Waals surface area contributed by atoms with Crippen molar-refractivity contribution in [1.29, 1.82) is 0 Å². The molecule has 29 heteroatoms. The van der Waals surface area contributed by atoms with Crippen LogP contribution in [0, 0.1) is 51.7 Å². The average Bonchev–Trinajstić information content (AvgIpc) is 0.823. The molecule has 0 radical (unpaired) electrons. The van der Waals surface area contributed by atoms with Gasteiger partial charge >= 0.3 is 0 Å². The molecule has 534 valence electrons. The molecular weight excluding hydrogens is 1380 g/mol. The van der Waals surface area contributed by atoms with Gasteiger partial charge in [-0.1, -0.05) is 112 Å². The SMILES string of the molecule is Cc1ccc(S(=O)(=O)N2CCCN(S(=O)(=O)c3ccc(C)cc3)CCN(S(=O)(=O)c3ccc(C)cc3)CCCN(Cc3cc(CN4CCCN(S(=O)(=O)c5ccc(C)cc5)CCN(S(=O)(=O)c5ccc(C)cc5)CCCN(S(=O)(=O)c5ccc(C)cc5)CC4)cc([N+](=O)[O-])c3)CC2)cc1. The first-order chi connectivity index (χ1) is 46.8. The Hall–Kier alpha value is -6.68. The zero-order valence-electron chi connectivity index (χ0n) is 56.8. The van der Waals surface area contributed by atoms with Gasteiger partial charge in [0.05, 0.1) is 34.3 Å². The summed E-state index contributed by atoms with van der Waals surface area (Å²) in [5, 5.41) is 13.1. The molecule has 0 N–H and O–H groups in total. The van der Waals surface area contributed by atoms with Crippen molar-refractivity contribution in [3.05, 3.63) is 218 Å². The number of rotatable bonds is 17.